The molecule has 114 valence electrons. The maximum atomic E-state index is 3.36. The Kier molecular flexibility index (Phi) is 5.87. The van der Waals surface area contributed by atoms with Gasteiger partial charge >= 0.3 is 26.2 Å². The first-order chi connectivity index (χ1) is 10.6. The predicted molar refractivity (Wildman–Crippen MR) is 97.0 cm³/mol. The number of rotatable bonds is 0. The van der Waals surface area contributed by atoms with Gasteiger partial charge in [0.1, 0.15) is 0 Å². The van der Waals surface area contributed by atoms with Gasteiger partial charge in [0.05, 0.1) is 0 Å². The maximum Gasteiger partial charge on any atom is 2.00 e. The van der Waals surface area contributed by atoms with Gasteiger partial charge in [-0.1, -0.05) is 63.1 Å². The minimum atomic E-state index is 0. The van der Waals surface area contributed by atoms with E-state index in [1.807, 2.05) is 0 Å². The number of fused-ring (bicyclic) bond motifs is 3. The molecule has 1 heteroatoms. The van der Waals surface area contributed by atoms with Gasteiger partial charge in [-0.2, -0.15) is 11.1 Å². The van der Waals surface area contributed by atoms with Gasteiger partial charge in [-0.25, -0.2) is 5.57 Å². The van der Waals surface area contributed by atoms with E-state index in [4.69, 9.17) is 0 Å². The molecule has 0 aliphatic heterocycles. The van der Waals surface area contributed by atoms with Gasteiger partial charge in [0, 0.05) is 0 Å². The van der Waals surface area contributed by atoms with E-state index in [0.717, 1.165) is 0 Å². The van der Waals surface area contributed by atoms with Crippen LogP contribution in [0.3, 0.4) is 0 Å². The fourth-order valence-electron chi connectivity index (χ4n) is 3.07. The summed E-state index contributed by atoms with van der Waals surface area (Å²) in [4.78, 5) is 0. The van der Waals surface area contributed by atoms with Gasteiger partial charge in [0.2, 0.25) is 0 Å². The van der Waals surface area contributed by atoms with Crippen molar-refractivity contribution in [1.29, 1.82) is 0 Å². The topological polar surface area (TPSA) is 0 Å². The number of hydrogen-bond acceptors (Lipinski definition) is 0. The molecular formula is C22H22Zr. The van der Waals surface area contributed by atoms with Gasteiger partial charge in [0.25, 0.3) is 0 Å². The third-order valence-corrected chi connectivity index (χ3v) is 4.76. The van der Waals surface area contributed by atoms with Crippen LogP contribution in [-0.4, -0.2) is 0 Å². The van der Waals surface area contributed by atoms with Crippen molar-refractivity contribution >= 4 is 21.5 Å². The van der Waals surface area contributed by atoms with Gasteiger partial charge in [-0.15, -0.1) is 46.7 Å². The first-order valence-corrected chi connectivity index (χ1v) is 7.89. The van der Waals surface area contributed by atoms with Crippen molar-refractivity contribution in [2.75, 3.05) is 0 Å². The normalized spacial score (nSPS) is 16.9. The smallest absolute Gasteiger partial charge is 0.266 e. The van der Waals surface area contributed by atoms with E-state index in [0.29, 0.717) is 5.92 Å². The molecule has 0 N–H and O–H groups in total. The number of benzene rings is 2. The molecule has 0 saturated heterocycles. The average Bonchev–Trinajstić information content (AvgIpc) is 3.01. The summed E-state index contributed by atoms with van der Waals surface area (Å²) in [5.74, 6) is 0.560. The molecule has 3 aromatic carbocycles. The molecule has 1 aliphatic carbocycles. The van der Waals surface area contributed by atoms with Gasteiger partial charge < -0.3 is 0 Å². The molecule has 0 fully saturated rings. The van der Waals surface area contributed by atoms with E-state index in [1.54, 1.807) is 0 Å². The van der Waals surface area contributed by atoms with Crippen molar-refractivity contribution in [2.24, 2.45) is 5.92 Å². The van der Waals surface area contributed by atoms with Crippen molar-refractivity contribution in [3.63, 3.8) is 0 Å². The Bertz CT molecular complexity index is 827. The van der Waals surface area contributed by atoms with Crippen LogP contribution in [0, 0.1) is 12.0 Å². The molecule has 0 nitrogen and oxygen atoms in total. The third-order valence-electron chi connectivity index (χ3n) is 4.76. The summed E-state index contributed by atoms with van der Waals surface area (Å²) in [5, 5.41) is 5.39. The van der Waals surface area contributed by atoms with Crippen molar-refractivity contribution in [3.8, 4) is 0 Å². The van der Waals surface area contributed by atoms with Gasteiger partial charge in [0.15, 0.2) is 0 Å². The van der Waals surface area contributed by atoms with Crippen LogP contribution in [-0.2, 0) is 26.2 Å². The molecule has 0 saturated carbocycles. The van der Waals surface area contributed by atoms with Crippen molar-refractivity contribution < 1.29 is 26.2 Å². The Morgan fingerprint density at radius 3 is 1.65 bits per heavy atom. The Balaban J connectivity index is 0.000000171. The van der Waals surface area contributed by atoms with E-state index in [-0.39, 0.29) is 26.2 Å². The second-order valence-corrected chi connectivity index (χ2v) is 6.12. The zero-order valence-electron chi connectivity index (χ0n) is 14.3. The second kappa shape index (κ2) is 7.49. The van der Waals surface area contributed by atoms with E-state index in [9.17, 15) is 0 Å². The maximum absolute atomic E-state index is 3.36. The summed E-state index contributed by atoms with van der Waals surface area (Å²) in [6, 6.07) is 19.3. The van der Waals surface area contributed by atoms with Crippen LogP contribution in [0.5, 0.6) is 0 Å². The molecule has 1 aliphatic rings. The fourth-order valence-corrected chi connectivity index (χ4v) is 3.07. The zero-order valence-corrected chi connectivity index (χ0v) is 16.7. The first-order valence-electron chi connectivity index (χ1n) is 7.89. The van der Waals surface area contributed by atoms with Gasteiger partial charge in [-0.3, -0.25) is 6.08 Å². The molecule has 0 heterocycles. The minimum Gasteiger partial charge on any atom is -0.266 e. The van der Waals surface area contributed by atoms with Crippen LogP contribution < -0.4 is 0 Å². The quantitative estimate of drug-likeness (QED) is 0.396. The Hall–Kier alpha value is -1.33. The van der Waals surface area contributed by atoms with Crippen LogP contribution >= 0.6 is 0 Å². The average molecular weight is 378 g/mol. The number of allylic oxidation sites excluding steroid dienone is 4. The summed E-state index contributed by atoms with van der Waals surface area (Å²) in [5.41, 5.74) is 4.25. The summed E-state index contributed by atoms with van der Waals surface area (Å²) in [6.45, 7) is 8.67. The summed E-state index contributed by atoms with van der Waals surface area (Å²) >= 11 is 0. The van der Waals surface area contributed by atoms with Gasteiger partial charge in [-0.05, 0) is 0 Å². The molecule has 23 heavy (non-hydrogen) atoms. The molecule has 0 bridgehead atoms. The van der Waals surface area contributed by atoms with Crippen LogP contribution in [0.25, 0.3) is 21.5 Å². The van der Waals surface area contributed by atoms with Crippen LogP contribution in [0.2, 0.25) is 0 Å². The molecular weight excluding hydrogens is 355 g/mol. The van der Waals surface area contributed by atoms with E-state index in [2.05, 4.69) is 88.4 Å². The summed E-state index contributed by atoms with van der Waals surface area (Å²) < 4.78 is 0. The summed E-state index contributed by atoms with van der Waals surface area (Å²) in [6.07, 6.45) is 3.36. The molecule has 0 amide bonds. The van der Waals surface area contributed by atoms with E-state index < -0.39 is 0 Å². The standard InChI is InChI=1S/C13H9.C9H13.Zr/c1-3-7-12-10(5-1)9-11-6-2-4-8-13(11)12;1-6-5-7(2)9(4)8(6)3;/h1-9H;6H,1-4H3;/q2*-1;+2. The molecule has 4 rings (SSSR count). The molecule has 1 atom stereocenters. The molecule has 0 spiro atoms. The fraction of sp³-hybridized carbons (Fsp3) is 0.227. The first kappa shape index (κ1) is 18.0. The number of hydrogen-bond donors (Lipinski definition) is 0. The molecule has 0 radical (unpaired) electrons. The van der Waals surface area contributed by atoms with E-state index in [1.165, 1.54) is 38.3 Å². The van der Waals surface area contributed by atoms with Crippen molar-refractivity contribution in [3.05, 3.63) is 77.4 Å². The second-order valence-electron chi connectivity index (χ2n) is 6.12. The Labute approximate surface area is 158 Å². The Morgan fingerprint density at radius 2 is 1.30 bits per heavy atom. The molecule has 0 aromatic heterocycles. The summed E-state index contributed by atoms with van der Waals surface area (Å²) in [7, 11) is 0. The van der Waals surface area contributed by atoms with Crippen molar-refractivity contribution in [2.45, 2.75) is 27.7 Å². The minimum absolute atomic E-state index is 0. The van der Waals surface area contributed by atoms with Crippen molar-refractivity contribution in [1.82, 2.24) is 0 Å². The van der Waals surface area contributed by atoms with Crippen LogP contribution in [0.4, 0.5) is 0 Å². The monoisotopic (exact) mass is 376 g/mol. The van der Waals surface area contributed by atoms with E-state index >= 15 is 0 Å². The SMILES string of the molecule is CC1=[C-]C(C)C(C)=C1C.[Zr+2].c1ccc2c(c1)[cH-]c1ccccc12. The molecule has 3 aromatic rings. The zero-order chi connectivity index (χ0) is 15.7. The molecule has 1 unspecified atom stereocenters. The predicted octanol–water partition coefficient (Wildman–Crippen LogP) is 6.43. The van der Waals surface area contributed by atoms with Crippen LogP contribution in [0.15, 0.2) is 71.3 Å². The third kappa shape index (κ3) is 3.61. The van der Waals surface area contributed by atoms with Crippen LogP contribution in [0.1, 0.15) is 27.7 Å². The largest absolute Gasteiger partial charge is 2.00 e. The Morgan fingerprint density at radius 1 is 0.826 bits per heavy atom.